The zero-order valence-electron chi connectivity index (χ0n) is 16.0. The maximum absolute atomic E-state index is 13.5. The first-order valence-electron chi connectivity index (χ1n) is 9.58. The van der Waals surface area contributed by atoms with Crippen LogP contribution in [-0.4, -0.2) is 23.0 Å². The van der Waals surface area contributed by atoms with Crippen molar-refractivity contribution in [1.82, 2.24) is 0 Å². The molecule has 0 bridgehead atoms. The minimum Gasteiger partial charge on any atom is -0.508 e. The summed E-state index contributed by atoms with van der Waals surface area (Å²) in [5, 5.41) is 12.2. The number of anilines is 2. The largest absolute Gasteiger partial charge is 0.508 e. The van der Waals surface area contributed by atoms with Crippen LogP contribution < -0.4 is 9.96 Å². The van der Waals surface area contributed by atoms with Gasteiger partial charge in [0.05, 0.1) is 27.5 Å². The monoisotopic (exact) mass is 454 g/mol. The number of aromatic hydroxyl groups is 1. The number of phenols is 1. The molecule has 0 aromatic heterocycles. The van der Waals surface area contributed by atoms with Gasteiger partial charge in [0.2, 0.25) is 5.91 Å². The molecular formula is C23H16Cl2N2O4. The highest BCUT2D eigenvalue weighted by Gasteiger charge is 2.60. The number of imide groups is 1. The predicted molar refractivity (Wildman–Crippen MR) is 117 cm³/mol. The molecule has 2 amide bonds. The molecule has 8 heteroatoms. The highest BCUT2D eigenvalue weighted by atomic mass is 35.5. The van der Waals surface area contributed by atoms with Gasteiger partial charge < -0.3 is 5.11 Å². The van der Waals surface area contributed by atoms with Gasteiger partial charge in [-0.1, -0.05) is 53.5 Å². The van der Waals surface area contributed by atoms with Gasteiger partial charge in [-0.3, -0.25) is 14.4 Å². The fourth-order valence-electron chi connectivity index (χ4n) is 4.14. The van der Waals surface area contributed by atoms with Crippen LogP contribution >= 0.6 is 23.2 Å². The summed E-state index contributed by atoms with van der Waals surface area (Å²) in [5.41, 5.74) is 1.70. The minimum absolute atomic E-state index is 0.0621. The fraction of sp³-hybridized carbons (Fsp3) is 0.130. The number of para-hydroxylation sites is 1. The van der Waals surface area contributed by atoms with E-state index >= 15 is 0 Å². The summed E-state index contributed by atoms with van der Waals surface area (Å²) in [7, 11) is 0. The van der Waals surface area contributed by atoms with E-state index in [2.05, 4.69) is 0 Å². The molecular weight excluding hydrogens is 439 g/mol. The van der Waals surface area contributed by atoms with Crippen molar-refractivity contribution in [3.05, 3.63) is 88.4 Å². The minimum atomic E-state index is -1.01. The molecule has 2 saturated heterocycles. The first kappa shape index (κ1) is 19.9. The van der Waals surface area contributed by atoms with E-state index in [-0.39, 0.29) is 10.8 Å². The molecule has 2 aliphatic heterocycles. The average Bonchev–Trinajstić information content (AvgIpc) is 3.27. The molecule has 0 aliphatic carbocycles. The van der Waals surface area contributed by atoms with Crippen LogP contribution in [0.4, 0.5) is 11.4 Å². The van der Waals surface area contributed by atoms with E-state index in [1.54, 1.807) is 35.4 Å². The predicted octanol–water partition coefficient (Wildman–Crippen LogP) is 4.75. The quantitative estimate of drug-likeness (QED) is 0.578. The van der Waals surface area contributed by atoms with E-state index in [0.29, 0.717) is 22.0 Å². The molecule has 0 saturated carbocycles. The molecule has 0 spiro atoms. The van der Waals surface area contributed by atoms with Gasteiger partial charge in [0.25, 0.3) is 5.91 Å². The molecule has 1 N–H and O–H groups in total. The Labute approximate surface area is 188 Å². The van der Waals surface area contributed by atoms with Crippen molar-refractivity contribution in [2.75, 3.05) is 9.96 Å². The van der Waals surface area contributed by atoms with Crippen LogP contribution in [0.1, 0.15) is 11.6 Å². The Hall–Kier alpha value is -3.06. The van der Waals surface area contributed by atoms with Crippen molar-refractivity contribution in [2.45, 2.75) is 12.1 Å². The van der Waals surface area contributed by atoms with E-state index in [4.69, 9.17) is 28.0 Å². The third kappa shape index (κ3) is 3.24. The number of halogens is 2. The number of hydrogen-bond acceptors (Lipinski definition) is 5. The van der Waals surface area contributed by atoms with Gasteiger partial charge in [0.1, 0.15) is 11.7 Å². The van der Waals surface area contributed by atoms with Crippen molar-refractivity contribution >= 4 is 46.4 Å². The maximum atomic E-state index is 13.5. The Balaban J connectivity index is 1.59. The molecule has 3 atom stereocenters. The highest BCUT2D eigenvalue weighted by Crippen LogP contribution is 2.48. The van der Waals surface area contributed by atoms with Gasteiger partial charge in [-0.2, -0.15) is 0 Å². The van der Waals surface area contributed by atoms with Gasteiger partial charge in [0.15, 0.2) is 6.10 Å². The Morgan fingerprint density at radius 1 is 0.806 bits per heavy atom. The number of hydrogen-bond donors (Lipinski definition) is 1. The van der Waals surface area contributed by atoms with E-state index in [9.17, 15) is 14.7 Å². The molecule has 3 aromatic rings. The van der Waals surface area contributed by atoms with Gasteiger partial charge in [0, 0.05) is 0 Å². The lowest BCUT2D eigenvalue weighted by Crippen LogP contribution is -2.37. The molecule has 0 radical (unpaired) electrons. The van der Waals surface area contributed by atoms with Crippen LogP contribution in [-0.2, 0) is 14.4 Å². The molecule has 6 nitrogen and oxygen atoms in total. The summed E-state index contributed by atoms with van der Waals surface area (Å²) in [6, 6.07) is 19.8. The van der Waals surface area contributed by atoms with Gasteiger partial charge in [-0.25, -0.2) is 9.96 Å². The number of phenolic OH excluding ortho intramolecular Hbond substituents is 1. The third-order valence-corrected chi connectivity index (χ3v) is 6.24. The summed E-state index contributed by atoms with van der Waals surface area (Å²) in [6.45, 7) is 0. The molecule has 0 unspecified atom stereocenters. The van der Waals surface area contributed by atoms with E-state index in [1.807, 2.05) is 30.3 Å². The van der Waals surface area contributed by atoms with Crippen molar-refractivity contribution in [3.63, 3.8) is 0 Å². The zero-order valence-corrected chi connectivity index (χ0v) is 17.5. The van der Waals surface area contributed by atoms with Crippen molar-refractivity contribution < 1.29 is 19.5 Å². The van der Waals surface area contributed by atoms with Crippen LogP contribution in [0, 0.1) is 5.92 Å². The molecule has 2 fully saturated rings. The van der Waals surface area contributed by atoms with E-state index in [1.165, 1.54) is 12.1 Å². The number of amides is 2. The lowest BCUT2D eigenvalue weighted by molar-refractivity contribution is -0.126. The number of carbonyl (C=O) groups excluding carboxylic acids is 2. The third-order valence-electron chi connectivity index (χ3n) is 5.50. The Kier molecular flexibility index (Phi) is 4.85. The number of rotatable bonds is 3. The Morgan fingerprint density at radius 2 is 1.58 bits per heavy atom. The zero-order chi connectivity index (χ0) is 21.7. The molecule has 31 heavy (non-hydrogen) atoms. The van der Waals surface area contributed by atoms with Gasteiger partial charge >= 0.3 is 0 Å². The topological polar surface area (TPSA) is 70.1 Å². The lowest BCUT2D eigenvalue weighted by atomic mass is 9.90. The number of carbonyl (C=O) groups is 2. The van der Waals surface area contributed by atoms with Crippen LogP contribution in [0.3, 0.4) is 0 Å². The van der Waals surface area contributed by atoms with Crippen molar-refractivity contribution in [3.8, 4) is 5.75 Å². The summed E-state index contributed by atoms with van der Waals surface area (Å²) in [5.74, 6) is -1.62. The smallest absolute Gasteiger partial charge is 0.266 e. The van der Waals surface area contributed by atoms with E-state index < -0.39 is 29.9 Å². The highest BCUT2D eigenvalue weighted by molar-refractivity contribution is 6.42. The standard InChI is InChI=1S/C23H16Cl2N2O4/c24-17-10-9-15(12-18(17)25)26-22(29)19-20(13-5-4-8-16(28)11-13)27(31-21(19)23(26)30)14-6-2-1-3-7-14/h1-12,19-21,28H/t19-,20+,21+/m0/s1. The van der Waals surface area contributed by atoms with Gasteiger partial charge in [-0.05, 0) is 48.0 Å². The number of fused-ring (bicyclic) bond motifs is 1. The Morgan fingerprint density at radius 3 is 2.29 bits per heavy atom. The number of hydroxylamine groups is 1. The molecule has 2 aliphatic rings. The summed E-state index contributed by atoms with van der Waals surface area (Å²) in [4.78, 5) is 33.9. The number of benzene rings is 3. The second kappa shape index (κ2) is 7.57. The molecule has 156 valence electrons. The van der Waals surface area contributed by atoms with Crippen molar-refractivity contribution in [2.24, 2.45) is 5.92 Å². The number of nitrogens with zero attached hydrogens (tertiary/aromatic N) is 2. The van der Waals surface area contributed by atoms with Crippen LogP contribution in [0.5, 0.6) is 5.75 Å². The molecule has 5 rings (SSSR count). The second-order valence-corrected chi connectivity index (χ2v) is 8.18. The molecule has 2 heterocycles. The normalized spacial score (nSPS) is 22.8. The summed E-state index contributed by atoms with van der Waals surface area (Å²) < 4.78 is 0. The van der Waals surface area contributed by atoms with E-state index in [0.717, 1.165) is 4.90 Å². The fourth-order valence-corrected chi connectivity index (χ4v) is 4.43. The summed E-state index contributed by atoms with van der Waals surface area (Å²) in [6.07, 6.45) is -1.01. The Bertz CT molecular complexity index is 1190. The lowest BCUT2D eigenvalue weighted by Gasteiger charge is -2.28. The maximum Gasteiger partial charge on any atom is 0.266 e. The van der Waals surface area contributed by atoms with Crippen LogP contribution in [0.15, 0.2) is 72.8 Å². The first-order valence-corrected chi connectivity index (χ1v) is 10.3. The van der Waals surface area contributed by atoms with Crippen LogP contribution in [0.2, 0.25) is 10.0 Å². The molecule has 3 aromatic carbocycles. The first-order chi connectivity index (χ1) is 15.0. The average molecular weight is 455 g/mol. The summed E-state index contributed by atoms with van der Waals surface area (Å²) >= 11 is 12.1. The van der Waals surface area contributed by atoms with Crippen molar-refractivity contribution in [1.29, 1.82) is 0 Å². The second-order valence-electron chi connectivity index (χ2n) is 7.36. The van der Waals surface area contributed by atoms with Crippen LogP contribution in [0.25, 0.3) is 0 Å². The SMILES string of the molecule is O=C1[C@H]2[C@@H](c3cccc(O)c3)N(c3ccccc3)O[C@H]2C(=O)N1c1ccc(Cl)c(Cl)c1. The van der Waals surface area contributed by atoms with Gasteiger partial charge in [-0.15, -0.1) is 0 Å².